The van der Waals surface area contributed by atoms with Gasteiger partial charge in [0.2, 0.25) is 0 Å². The standard InChI is InChI=1S/C17H22F2N4S.HI/c1-3-12-10-22-16(24-12)11-23-17(20-4-2)21-9-8-13-14(18)6-5-7-15(13)19;/h5-7,10H,3-4,8-9,11H2,1-2H3,(H2,20,21,23);1H. The first-order valence-electron chi connectivity index (χ1n) is 8.02. The molecule has 0 amide bonds. The fourth-order valence-electron chi connectivity index (χ4n) is 2.15. The molecule has 0 saturated heterocycles. The van der Waals surface area contributed by atoms with E-state index in [-0.39, 0.29) is 36.0 Å². The van der Waals surface area contributed by atoms with Gasteiger partial charge in [-0.2, -0.15) is 0 Å². The average Bonchev–Trinajstić information content (AvgIpc) is 3.03. The van der Waals surface area contributed by atoms with Crippen LogP contribution >= 0.6 is 35.3 Å². The number of guanidine groups is 1. The number of benzene rings is 1. The van der Waals surface area contributed by atoms with Crippen molar-refractivity contribution >= 4 is 41.3 Å². The molecule has 0 fully saturated rings. The Kier molecular flexibility index (Phi) is 9.88. The molecule has 2 rings (SSSR count). The maximum Gasteiger partial charge on any atom is 0.191 e. The predicted octanol–water partition coefficient (Wildman–Crippen LogP) is 3.90. The molecule has 0 unspecified atom stereocenters. The fourth-order valence-corrected chi connectivity index (χ4v) is 2.94. The average molecular weight is 480 g/mol. The summed E-state index contributed by atoms with van der Waals surface area (Å²) >= 11 is 1.64. The van der Waals surface area contributed by atoms with Crippen LogP contribution in [0.3, 0.4) is 0 Å². The van der Waals surface area contributed by atoms with Gasteiger partial charge in [-0.25, -0.2) is 18.8 Å². The summed E-state index contributed by atoms with van der Waals surface area (Å²) in [6.07, 6.45) is 3.09. The molecule has 4 nitrogen and oxygen atoms in total. The van der Waals surface area contributed by atoms with Crippen LogP contribution in [0.15, 0.2) is 29.4 Å². The van der Waals surface area contributed by atoms with E-state index >= 15 is 0 Å². The van der Waals surface area contributed by atoms with Crippen molar-refractivity contribution < 1.29 is 8.78 Å². The molecule has 0 aliphatic heterocycles. The number of thiazole rings is 1. The third-order valence-electron chi connectivity index (χ3n) is 3.40. The molecular weight excluding hydrogens is 457 g/mol. The maximum absolute atomic E-state index is 13.6. The molecule has 0 radical (unpaired) electrons. The SMILES string of the molecule is CCNC(=NCc1ncc(CC)s1)NCCc1c(F)cccc1F.I. The molecule has 0 aliphatic carbocycles. The fraction of sp³-hybridized carbons (Fsp3) is 0.412. The molecule has 2 aromatic rings. The van der Waals surface area contributed by atoms with Gasteiger partial charge in [-0.05, 0) is 31.9 Å². The lowest BCUT2D eigenvalue weighted by atomic mass is 10.1. The summed E-state index contributed by atoms with van der Waals surface area (Å²) in [5.41, 5.74) is 0.0911. The molecule has 2 N–H and O–H groups in total. The van der Waals surface area contributed by atoms with E-state index < -0.39 is 11.6 Å². The number of rotatable bonds is 7. The quantitative estimate of drug-likeness (QED) is 0.359. The van der Waals surface area contributed by atoms with E-state index in [1.807, 2.05) is 13.1 Å². The number of hydrogen-bond donors (Lipinski definition) is 2. The van der Waals surface area contributed by atoms with Gasteiger partial charge in [0.15, 0.2) is 5.96 Å². The number of nitrogens with one attached hydrogen (secondary N) is 2. The number of halogens is 3. The van der Waals surface area contributed by atoms with Gasteiger partial charge in [0.05, 0.1) is 6.54 Å². The maximum atomic E-state index is 13.6. The first-order chi connectivity index (χ1) is 11.6. The molecule has 0 saturated carbocycles. The Morgan fingerprint density at radius 3 is 2.52 bits per heavy atom. The molecule has 0 bridgehead atoms. The Bertz CT molecular complexity index is 671. The van der Waals surface area contributed by atoms with Crippen molar-refractivity contribution in [3.8, 4) is 0 Å². The van der Waals surface area contributed by atoms with Crippen molar-refractivity contribution in [3.05, 3.63) is 51.5 Å². The summed E-state index contributed by atoms with van der Waals surface area (Å²) in [5, 5.41) is 7.16. The van der Waals surface area contributed by atoms with Crippen molar-refractivity contribution in [2.75, 3.05) is 13.1 Å². The van der Waals surface area contributed by atoms with Gasteiger partial charge in [0.1, 0.15) is 16.6 Å². The van der Waals surface area contributed by atoms with E-state index in [0.717, 1.165) is 11.4 Å². The lowest BCUT2D eigenvalue weighted by Gasteiger charge is -2.11. The highest BCUT2D eigenvalue weighted by Gasteiger charge is 2.08. The number of hydrogen-bond acceptors (Lipinski definition) is 3. The van der Waals surface area contributed by atoms with Gasteiger partial charge in [-0.3, -0.25) is 0 Å². The molecule has 0 spiro atoms. The largest absolute Gasteiger partial charge is 0.357 e. The highest BCUT2D eigenvalue weighted by molar-refractivity contribution is 14.0. The zero-order valence-electron chi connectivity index (χ0n) is 14.3. The second-order valence-electron chi connectivity index (χ2n) is 5.15. The van der Waals surface area contributed by atoms with Crippen LogP contribution in [0.4, 0.5) is 8.78 Å². The van der Waals surface area contributed by atoms with Crippen LogP contribution < -0.4 is 10.6 Å². The van der Waals surface area contributed by atoms with Crippen LogP contribution in [0.2, 0.25) is 0 Å². The van der Waals surface area contributed by atoms with Crippen molar-refractivity contribution in [1.29, 1.82) is 0 Å². The van der Waals surface area contributed by atoms with E-state index in [1.165, 1.54) is 23.1 Å². The molecule has 0 aliphatic rings. The van der Waals surface area contributed by atoms with E-state index in [9.17, 15) is 8.78 Å². The van der Waals surface area contributed by atoms with Crippen molar-refractivity contribution in [2.24, 2.45) is 4.99 Å². The van der Waals surface area contributed by atoms with Crippen LogP contribution in [0.5, 0.6) is 0 Å². The van der Waals surface area contributed by atoms with Crippen LogP contribution in [-0.2, 0) is 19.4 Å². The first-order valence-corrected chi connectivity index (χ1v) is 8.84. The highest BCUT2D eigenvalue weighted by atomic mass is 127. The summed E-state index contributed by atoms with van der Waals surface area (Å²) in [7, 11) is 0. The minimum Gasteiger partial charge on any atom is -0.357 e. The lowest BCUT2D eigenvalue weighted by Crippen LogP contribution is -2.38. The normalized spacial score (nSPS) is 11.1. The highest BCUT2D eigenvalue weighted by Crippen LogP contribution is 2.14. The predicted molar refractivity (Wildman–Crippen MR) is 110 cm³/mol. The molecule has 1 aromatic heterocycles. The Balaban J connectivity index is 0.00000312. The minimum atomic E-state index is -0.520. The van der Waals surface area contributed by atoms with E-state index in [2.05, 4.69) is 27.5 Å². The van der Waals surface area contributed by atoms with Gasteiger partial charge in [0.25, 0.3) is 0 Å². The summed E-state index contributed by atoms with van der Waals surface area (Å²) < 4.78 is 27.2. The first kappa shape index (κ1) is 21.8. The monoisotopic (exact) mass is 480 g/mol. The zero-order valence-corrected chi connectivity index (χ0v) is 17.5. The molecule has 1 aromatic carbocycles. The van der Waals surface area contributed by atoms with E-state index in [0.29, 0.717) is 25.6 Å². The van der Waals surface area contributed by atoms with Crippen molar-refractivity contribution in [3.63, 3.8) is 0 Å². The van der Waals surface area contributed by atoms with E-state index in [4.69, 9.17) is 0 Å². The summed E-state index contributed by atoms with van der Waals surface area (Å²) in [5.74, 6) is -0.426. The van der Waals surface area contributed by atoms with Gasteiger partial charge < -0.3 is 10.6 Å². The second-order valence-corrected chi connectivity index (χ2v) is 6.35. The minimum absolute atomic E-state index is 0. The number of aryl methyl sites for hydroxylation is 1. The smallest absolute Gasteiger partial charge is 0.191 e. The van der Waals surface area contributed by atoms with Crippen LogP contribution in [0.1, 0.15) is 29.3 Å². The summed E-state index contributed by atoms with van der Waals surface area (Å²) in [6, 6.07) is 3.91. The molecule has 25 heavy (non-hydrogen) atoms. The number of aliphatic imine (C=N–C) groups is 1. The number of nitrogens with zero attached hydrogens (tertiary/aromatic N) is 2. The zero-order chi connectivity index (χ0) is 17.4. The summed E-state index contributed by atoms with van der Waals surface area (Å²) in [4.78, 5) is 10.0. The van der Waals surface area contributed by atoms with Gasteiger partial charge in [-0.1, -0.05) is 13.0 Å². The van der Waals surface area contributed by atoms with Gasteiger partial charge >= 0.3 is 0 Å². The number of aromatic nitrogens is 1. The van der Waals surface area contributed by atoms with Gasteiger partial charge in [0, 0.05) is 29.7 Å². The van der Waals surface area contributed by atoms with Crippen LogP contribution in [0.25, 0.3) is 0 Å². The van der Waals surface area contributed by atoms with Gasteiger partial charge in [-0.15, -0.1) is 35.3 Å². The van der Waals surface area contributed by atoms with Crippen LogP contribution in [-0.4, -0.2) is 24.0 Å². The Labute approximate surface area is 168 Å². The topological polar surface area (TPSA) is 49.3 Å². The molecule has 1 heterocycles. The Hall–Kier alpha value is -1.29. The van der Waals surface area contributed by atoms with Crippen molar-refractivity contribution in [2.45, 2.75) is 33.2 Å². The van der Waals surface area contributed by atoms with Crippen LogP contribution in [0, 0.1) is 11.6 Å². The van der Waals surface area contributed by atoms with E-state index in [1.54, 1.807) is 11.3 Å². The molecule has 0 atom stereocenters. The Morgan fingerprint density at radius 2 is 1.92 bits per heavy atom. The van der Waals surface area contributed by atoms with Crippen molar-refractivity contribution in [1.82, 2.24) is 15.6 Å². The molecule has 138 valence electrons. The summed E-state index contributed by atoms with van der Waals surface area (Å²) in [6.45, 7) is 5.63. The lowest BCUT2D eigenvalue weighted by molar-refractivity contribution is 0.553. The second kappa shape index (κ2) is 11.3. The third kappa shape index (κ3) is 6.85. The molecular formula is C17H23F2IN4S. The Morgan fingerprint density at radius 1 is 1.20 bits per heavy atom. The molecule has 8 heteroatoms. The third-order valence-corrected chi connectivity index (χ3v) is 4.52.